The molecule has 4 nitrogen and oxygen atoms in total. The van der Waals surface area contributed by atoms with Gasteiger partial charge in [0.05, 0.1) is 23.7 Å². The number of para-hydroxylation sites is 2. The Hall–Kier alpha value is -1.55. The summed E-state index contributed by atoms with van der Waals surface area (Å²) in [6.45, 7) is 7.75. The third kappa shape index (κ3) is 2.34. The Morgan fingerprint density at radius 1 is 1.33 bits per heavy atom. The van der Waals surface area contributed by atoms with E-state index in [-0.39, 0.29) is 6.04 Å². The Morgan fingerprint density at radius 2 is 2.06 bits per heavy atom. The molecule has 1 atom stereocenters. The van der Waals surface area contributed by atoms with Gasteiger partial charge in [-0.15, -0.1) is 0 Å². The second-order valence-corrected chi connectivity index (χ2v) is 4.80. The minimum absolute atomic E-state index is 0.220. The van der Waals surface area contributed by atoms with Crippen LogP contribution >= 0.6 is 0 Å². The fourth-order valence-electron chi connectivity index (χ4n) is 2.22. The summed E-state index contributed by atoms with van der Waals surface area (Å²) in [5, 5.41) is 0. The van der Waals surface area contributed by atoms with Gasteiger partial charge in [0.25, 0.3) is 0 Å². The standard InChI is InChI=1S/C14H21N3O/c1-4-18-9-13(10(2)3)17-12-8-6-5-7-11(12)16-14(17)15/h5-8,10,13H,4,9H2,1-3H3,(H2,15,16). The second-order valence-electron chi connectivity index (χ2n) is 4.80. The lowest BCUT2D eigenvalue weighted by atomic mass is 10.0. The van der Waals surface area contributed by atoms with Crippen LogP contribution in [0.2, 0.25) is 0 Å². The molecule has 0 saturated heterocycles. The van der Waals surface area contributed by atoms with Crippen molar-refractivity contribution >= 4 is 17.0 Å². The van der Waals surface area contributed by atoms with E-state index in [1.54, 1.807) is 0 Å². The number of hydrogen-bond acceptors (Lipinski definition) is 3. The monoisotopic (exact) mass is 247 g/mol. The topological polar surface area (TPSA) is 53.1 Å². The molecular weight excluding hydrogens is 226 g/mol. The molecule has 0 spiro atoms. The predicted octanol–water partition coefficient (Wildman–Crippen LogP) is 2.85. The van der Waals surface area contributed by atoms with Crippen molar-refractivity contribution in [2.24, 2.45) is 5.92 Å². The Labute approximate surface area is 108 Å². The lowest BCUT2D eigenvalue weighted by Gasteiger charge is -2.24. The minimum atomic E-state index is 0.220. The van der Waals surface area contributed by atoms with Crippen LogP contribution in [0.25, 0.3) is 11.0 Å². The van der Waals surface area contributed by atoms with E-state index in [2.05, 4.69) is 29.5 Å². The van der Waals surface area contributed by atoms with Crippen LogP contribution in [0.4, 0.5) is 5.95 Å². The number of hydrogen-bond donors (Lipinski definition) is 1. The molecule has 18 heavy (non-hydrogen) atoms. The van der Waals surface area contributed by atoms with E-state index in [0.29, 0.717) is 18.5 Å². The van der Waals surface area contributed by atoms with Crippen molar-refractivity contribution in [2.75, 3.05) is 18.9 Å². The van der Waals surface area contributed by atoms with E-state index in [9.17, 15) is 0 Å². The number of benzene rings is 1. The lowest BCUT2D eigenvalue weighted by molar-refractivity contribution is 0.0987. The summed E-state index contributed by atoms with van der Waals surface area (Å²) >= 11 is 0. The number of imidazole rings is 1. The summed E-state index contributed by atoms with van der Waals surface area (Å²) in [5.41, 5.74) is 8.08. The van der Waals surface area contributed by atoms with Crippen LogP contribution in [0.15, 0.2) is 24.3 Å². The van der Waals surface area contributed by atoms with Crippen LogP contribution in [-0.2, 0) is 4.74 Å². The number of nitrogens with zero attached hydrogens (tertiary/aromatic N) is 2. The van der Waals surface area contributed by atoms with Crippen LogP contribution in [0.3, 0.4) is 0 Å². The van der Waals surface area contributed by atoms with Crippen LogP contribution < -0.4 is 5.73 Å². The molecule has 2 aromatic rings. The van der Waals surface area contributed by atoms with Gasteiger partial charge in [0.15, 0.2) is 0 Å². The van der Waals surface area contributed by atoms with Gasteiger partial charge in [-0.05, 0) is 25.0 Å². The maximum absolute atomic E-state index is 6.06. The third-order valence-corrected chi connectivity index (χ3v) is 3.22. The first-order valence-electron chi connectivity index (χ1n) is 6.45. The molecule has 1 heterocycles. The van der Waals surface area contributed by atoms with Crippen LogP contribution in [0.1, 0.15) is 26.8 Å². The maximum atomic E-state index is 6.06. The largest absolute Gasteiger partial charge is 0.380 e. The number of fused-ring (bicyclic) bond motifs is 1. The summed E-state index contributed by atoms with van der Waals surface area (Å²) in [7, 11) is 0. The molecular formula is C14H21N3O. The first-order valence-corrected chi connectivity index (χ1v) is 6.45. The Kier molecular flexibility index (Phi) is 3.87. The summed E-state index contributed by atoms with van der Waals surface area (Å²) in [4.78, 5) is 4.41. The van der Waals surface area contributed by atoms with E-state index < -0.39 is 0 Å². The molecule has 1 aromatic carbocycles. The highest BCUT2D eigenvalue weighted by atomic mass is 16.5. The van der Waals surface area contributed by atoms with E-state index in [0.717, 1.165) is 17.6 Å². The smallest absolute Gasteiger partial charge is 0.201 e. The summed E-state index contributed by atoms with van der Waals surface area (Å²) in [5.74, 6) is 1.01. The molecule has 0 radical (unpaired) electrons. The van der Waals surface area contributed by atoms with Gasteiger partial charge in [-0.25, -0.2) is 4.98 Å². The van der Waals surface area contributed by atoms with E-state index in [1.807, 2.05) is 25.1 Å². The molecule has 98 valence electrons. The predicted molar refractivity (Wildman–Crippen MR) is 74.5 cm³/mol. The highest BCUT2D eigenvalue weighted by Gasteiger charge is 2.20. The second kappa shape index (κ2) is 5.40. The first kappa shape index (κ1) is 12.9. The number of aromatic nitrogens is 2. The lowest BCUT2D eigenvalue weighted by Crippen LogP contribution is -2.22. The quantitative estimate of drug-likeness (QED) is 0.884. The fraction of sp³-hybridized carbons (Fsp3) is 0.500. The zero-order valence-electron chi connectivity index (χ0n) is 11.3. The van der Waals surface area contributed by atoms with Crippen molar-refractivity contribution in [3.63, 3.8) is 0 Å². The summed E-state index contributed by atoms with van der Waals surface area (Å²) in [6.07, 6.45) is 0. The molecule has 2 rings (SSSR count). The van der Waals surface area contributed by atoms with E-state index >= 15 is 0 Å². The van der Waals surface area contributed by atoms with Crippen LogP contribution in [0, 0.1) is 5.92 Å². The van der Waals surface area contributed by atoms with E-state index in [1.165, 1.54) is 0 Å². The summed E-state index contributed by atoms with van der Waals surface area (Å²) < 4.78 is 7.67. The van der Waals surface area contributed by atoms with Crippen molar-refractivity contribution in [2.45, 2.75) is 26.8 Å². The molecule has 4 heteroatoms. The highest BCUT2D eigenvalue weighted by molar-refractivity contribution is 5.78. The van der Waals surface area contributed by atoms with Gasteiger partial charge in [0.2, 0.25) is 5.95 Å². The van der Waals surface area contributed by atoms with Gasteiger partial charge in [-0.3, -0.25) is 0 Å². The minimum Gasteiger partial charge on any atom is -0.380 e. The zero-order valence-corrected chi connectivity index (χ0v) is 11.3. The van der Waals surface area contributed by atoms with Gasteiger partial charge >= 0.3 is 0 Å². The molecule has 2 N–H and O–H groups in total. The Balaban J connectivity index is 2.46. The number of nitrogen functional groups attached to an aromatic ring is 1. The molecule has 0 saturated carbocycles. The van der Waals surface area contributed by atoms with Crippen molar-refractivity contribution in [3.05, 3.63) is 24.3 Å². The SMILES string of the molecule is CCOCC(C(C)C)n1c(N)nc2ccccc21. The number of nitrogens with two attached hydrogens (primary N) is 1. The number of ether oxygens (including phenoxy) is 1. The fourth-order valence-corrected chi connectivity index (χ4v) is 2.22. The average molecular weight is 247 g/mol. The van der Waals surface area contributed by atoms with Crippen LogP contribution in [0.5, 0.6) is 0 Å². The zero-order chi connectivity index (χ0) is 13.1. The van der Waals surface area contributed by atoms with Gasteiger partial charge < -0.3 is 15.0 Å². The molecule has 0 aliphatic heterocycles. The molecule has 1 aromatic heterocycles. The van der Waals surface area contributed by atoms with Gasteiger partial charge in [0, 0.05) is 6.61 Å². The third-order valence-electron chi connectivity index (χ3n) is 3.22. The molecule has 0 bridgehead atoms. The van der Waals surface area contributed by atoms with Crippen molar-refractivity contribution in [3.8, 4) is 0 Å². The van der Waals surface area contributed by atoms with Gasteiger partial charge in [0.1, 0.15) is 0 Å². The number of anilines is 1. The van der Waals surface area contributed by atoms with Gasteiger partial charge in [-0.1, -0.05) is 26.0 Å². The van der Waals surface area contributed by atoms with Crippen molar-refractivity contribution < 1.29 is 4.74 Å². The Bertz CT molecular complexity index is 519. The molecule has 1 unspecified atom stereocenters. The van der Waals surface area contributed by atoms with Crippen molar-refractivity contribution in [1.29, 1.82) is 0 Å². The molecule has 0 fully saturated rings. The average Bonchev–Trinajstić information content (AvgIpc) is 2.66. The first-order chi connectivity index (χ1) is 8.65. The molecule has 0 aliphatic rings. The molecule has 0 amide bonds. The summed E-state index contributed by atoms with van der Waals surface area (Å²) in [6, 6.07) is 8.25. The van der Waals surface area contributed by atoms with Crippen LogP contribution in [-0.4, -0.2) is 22.8 Å². The molecule has 0 aliphatic carbocycles. The normalized spacial score (nSPS) is 13.3. The van der Waals surface area contributed by atoms with Crippen molar-refractivity contribution in [1.82, 2.24) is 9.55 Å². The van der Waals surface area contributed by atoms with Gasteiger partial charge in [-0.2, -0.15) is 0 Å². The number of rotatable bonds is 5. The Morgan fingerprint density at radius 3 is 2.72 bits per heavy atom. The van der Waals surface area contributed by atoms with E-state index in [4.69, 9.17) is 10.5 Å². The highest BCUT2D eigenvalue weighted by Crippen LogP contribution is 2.27. The maximum Gasteiger partial charge on any atom is 0.201 e.